The number of likely N-dealkylation sites (N-methyl/N-ethyl adjacent to an activating group) is 1. The third-order valence-corrected chi connectivity index (χ3v) is 5.78. The van der Waals surface area contributed by atoms with Crippen LogP contribution in [0.25, 0.3) is 0 Å². The van der Waals surface area contributed by atoms with E-state index in [2.05, 4.69) is 36.1 Å². The van der Waals surface area contributed by atoms with E-state index in [1.165, 1.54) is 45.2 Å². The lowest BCUT2D eigenvalue weighted by atomic mass is 9.91. The van der Waals surface area contributed by atoms with Crippen LogP contribution in [0.3, 0.4) is 0 Å². The van der Waals surface area contributed by atoms with Crippen LogP contribution >= 0.6 is 0 Å². The molecule has 4 atom stereocenters. The minimum Gasteiger partial charge on any atom is -0.312 e. The van der Waals surface area contributed by atoms with Crippen molar-refractivity contribution in [3.8, 4) is 0 Å². The van der Waals surface area contributed by atoms with E-state index in [9.17, 15) is 0 Å². The number of likely N-dealkylation sites (tertiary alicyclic amines) is 1. The van der Waals surface area contributed by atoms with E-state index in [1.54, 1.807) is 0 Å². The standard InChI is InChI=1S/C15H29N3/c1-11-6-13(10-17(11)2)16-9-12-7-14-4-5-15(8-12)18(14)3/h11-16H,4-10H2,1-3H3. The molecule has 2 bridgehead atoms. The van der Waals surface area contributed by atoms with Crippen molar-refractivity contribution in [2.75, 3.05) is 27.2 Å². The van der Waals surface area contributed by atoms with Gasteiger partial charge in [-0.15, -0.1) is 0 Å². The first-order valence-corrected chi connectivity index (χ1v) is 7.79. The van der Waals surface area contributed by atoms with Gasteiger partial charge in [0, 0.05) is 30.7 Å². The van der Waals surface area contributed by atoms with Crippen molar-refractivity contribution in [1.29, 1.82) is 0 Å². The molecule has 0 spiro atoms. The maximum Gasteiger partial charge on any atom is 0.0209 e. The summed E-state index contributed by atoms with van der Waals surface area (Å²) in [5.41, 5.74) is 0. The number of rotatable bonds is 3. The highest BCUT2D eigenvalue weighted by Gasteiger charge is 2.38. The Balaban J connectivity index is 1.45. The van der Waals surface area contributed by atoms with E-state index in [-0.39, 0.29) is 0 Å². The van der Waals surface area contributed by atoms with Gasteiger partial charge in [-0.2, -0.15) is 0 Å². The van der Waals surface area contributed by atoms with Gasteiger partial charge in [-0.1, -0.05) is 0 Å². The summed E-state index contributed by atoms with van der Waals surface area (Å²) in [6.45, 7) is 4.84. The molecule has 3 aliphatic heterocycles. The van der Waals surface area contributed by atoms with Crippen LogP contribution in [0.1, 0.15) is 39.0 Å². The van der Waals surface area contributed by atoms with E-state index < -0.39 is 0 Å². The molecule has 0 aromatic carbocycles. The third-order valence-electron chi connectivity index (χ3n) is 5.78. The molecule has 3 heterocycles. The maximum absolute atomic E-state index is 3.84. The molecule has 1 N–H and O–H groups in total. The molecule has 104 valence electrons. The van der Waals surface area contributed by atoms with Crippen LogP contribution in [0.2, 0.25) is 0 Å². The molecule has 0 aromatic heterocycles. The molecule has 0 aliphatic carbocycles. The smallest absolute Gasteiger partial charge is 0.0209 e. The predicted octanol–water partition coefficient (Wildman–Crippen LogP) is 1.54. The number of fused-ring (bicyclic) bond motifs is 2. The zero-order valence-corrected chi connectivity index (χ0v) is 12.2. The van der Waals surface area contributed by atoms with Crippen molar-refractivity contribution in [3.63, 3.8) is 0 Å². The molecule has 3 saturated heterocycles. The largest absolute Gasteiger partial charge is 0.312 e. The van der Waals surface area contributed by atoms with Crippen molar-refractivity contribution >= 4 is 0 Å². The maximum atomic E-state index is 3.84. The zero-order chi connectivity index (χ0) is 12.7. The minimum absolute atomic E-state index is 0.738. The van der Waals surface area contributed by atoms with Gasteiger partial charge in [0.15, 0.2) is 0 Å². The minimum atomic E-state index is 0.738. The topological polar surface area (TPSA) is 18.5 Å². The first-order chi connectivity index (χ1) is 8.63. The third kappa shape index (κ3) is 2.45. The Morgan fingerprint density at radius 3 is 2.28 bits per heavy atom. The van der Waals surface area contributed by atoms with Gasteiger partial charge in [0.1, 0.15) is 0 Å². The quantitative estimate of drug-likeness (QED) is 0.821. The highest BCUT2D eigenvalue weighted by atomic mass is 15.2. The summed E-state index contributed by atoms with van der Waals surface area (Å²) in [6.07, 6.45) is 7.08. The number of piperidine rings is 1. The highest BCUT2D eigenvalue weighted by molar-refractivity contribution is 4.94. The van der Waals surface area contributed by atoms with Gasteiger partial charge in [0.05, 0.1) is 0 Å². The van der Waals surface area contributed by atoms with Crippen molar-refractivity contribution in [3.05, 3.63) is 0 Å². The van der Waals surface area contributed by atoms with Crippen LogP contribution in [0.15, 0.2) is 0 Å². The van der Waals surface area contributed by atoms with Crippen LogP contribution in [0.4, 0.5) is 0 Å². The van der Waals surface area contributed by atoms with Gasteiger partial charge in [-0.05, 0) is 65.6 Å². The number of hydrogen-bond donors (Lipinski definition) is 1. The summed E-state index contributed by atoms with van der Waals surface area (Å²) in [7, 11) is 4.59. The Bertz CT molecular complexity index is 269. The molecule has 3 fully saturated rings. The molecule has 3 aliphatic rings. The van der Waals surface area contributed by atoms with E-state index in [4.69, 9.17) is 0 Å². The molecule has 0 saturated carbocycles. The number of nitrogens with one attached hydrogen (secondary N) is 1. The normalized spacial score (nSPS) is 45.8. The molecule has 0 radical (unpaired) electrons. The van der Waals surface area contributed by atoms with E-state index >= 15 is 0 Å². The van der Waals surface area contributed by atoms with Gasteiger partial charge < -0.3 is 15.1 Å². The predicted molar refractivity (Wildman–Crippen MR) is 75.8 cm³/mol. The summed E-state index contributed by atoms with van der Waals surface area (Å²) in [6, 6.07) is 3.28. The van der Waals surface area contributed by atoms with Crippen LogP contribution < -0.4 is 5.32 Å². The highest BCUT2D eigenvalue weighted by Crippen LogP contribution is 2.37. The van der Waals surface area contributed by atoms with Crippen molar-refractivity contribution in [2.24, 2.45) is 5.92 Å². The van der Waals surface area contributed by atoms with Gasteiger partial charge in [0.25, 0.3) is 0 Å². The molecule has 4 unspecified atom stereocenters. The molecule has 18 heavy (non-hydrogen) atoms. The van der Waals surface area contributed by atoms with Crippen molar-refractivity contribution in [1.82, 2.24) is 15.1 Å². The van der Waals surface area contributed by atoms with Crippen molar-refractivity contribution < 1.29 is 0 Å². The lowest BCUT2D eigenvalue weighted by Crippen LogP contribution is -2.44. The summed E-state index contributed by atoms with van der Waals surface area (Å²) >= 11 is 0. The zero-order valence-electron chi connectivity index (χ0n) is 12.2. The molecule has 3 rings (SSSR count). The van der Waals surface area contributed by atoms with Gasteiger partial charge in [-0.25, -0.2) is 0 Å². The Hall–Kier alpha value is -0.120. The van der Waals surface area contributed by atoms with Crippen molar-refractivity contribution in [2.45, 2.75) is 63.2 Å². The summed E-state index contributed by atoms with van der Waals surface area (Å²) < 4.78 is 0. The monoisotopic (exact) mass is 251 g/mol. The Morgan fingerprint density at radius 2 is 1.72 bits per heavy atom. The molecular weight excluding hydrogens is 222 g/mol. The molecule has 0 aromatic rings. The Labute approximate surface area is 112 Å². The summed E-state index contributed by atoms with van der Waals surface area (Å²) in [5.74, 6) is 0.930. The van der Waals surface area contributed by atoms with E-state index in [0.717, 1.165) is 30.1 Å². The fraction of sp³-hybridized carbons (Fsp3) is 1.00. The summed E-state index contributed by atoms with van der Waals surface area (Å²) in [4.78, 5) is 5.12. The van der Waals surface area contributed by atoms with Gasteiger partial charge in [0.2, 0.25) is 0 Å². The second kappa shape index (κ2) is 5.10. The lowest BCUT2D eigenvalue weighted by molar-refractivity contribution is 0.131. The first kappa shape index (κ1) is 12.9. The Kier molecular flexibility index (Phi) is 3.65. The second-order valence-corrected chi connectivity index (χ2v) is 7.02. The first-order valence-electron chi connectivity index (χ1n) is 7.79. The van der Waals surface area contributed by atoms with E-state index in [1.807, 2.05) is 0 Å². The average molecular weight is 251 g/mol. The molecule has 0 amide bonds. The second-order valence-electron chi connectivity index (χ2n) is 7.02. The Morgan fingerprint density at radius 1 is 1.06 bits per heavy atom. The van der Waals surface area contributed by atoms with Crippen LogP contribution in [-0.2, 0) is 0 Å². The number of hydrogen-bond acceptors (Lipinski definition) is 3. The fourth-order valence-electron chi connectivity index (χ4n) is 4.37. The summed E-state index contributed by atoms with van der Waals surface area (Å²) in [5, 5.41) is 3.84. The van der Waals surface area contributed by atoms with Gasteiger partial charge >= 0.3 is 0 Å². The van der Waals surface area contributed by atoms with E-state index in [0.29, 0.717) is 0 Å². The lowest BCUT2D eigenvalue weighted by Gasteiger charge is -2.36. The molecule has 3 nitrogen and oxygen atoms in total. The van der Waals surface area contributed by atoms with Crippen LogP contribution in [0, 0.1) is 5.92 Å². The fourth-order valence-corrected chi connectivity index (χ4v) is 4.37. The number of nitrogens with zero attached hydrogens (tertiary/aromatic N) is 2. The average Bonchev–Trinajstić information content (AvgIpc) is 2.75. The molecular formula is C15H29N3. The van der Waals surface area contributed by atoms with Gasteiger partial charge in [-0.3, -0.25) is 0 Å². The van der Waals surface area contributed by atoms with Crippen LogP contribution in [-0.4, -0.2) is 61.2 Å². The SMILES string of the molecule is CC1CC(NCC2CC3CCC(C2)N3C)CN1C. The molecule has 3 heteroatoms. The van der Waals surface area contributed by atoms with Crippen LogP contribution in [0.5, 0.6) is 0 Å².